The molecule has 1 aromatic carbocycles. The summed E-state index contributed by atoms with van der Waals surface area (Å²) in [4.78, 5) is 28.8. The molecule has 4 rings (SSSR count). The highest BCUT2D eigenvalue weighted by molar-refractivity contribution is 5.95. The van der Waals surface area contributed by atoms with Crippen molar-refractivity contribution in [2.24, 2.45) is 0 Å². The molecule has 138 valence electrons. The molecule has 3 aromatic rings. The van der Waals surface area contributed by atoms with Crippen molar-refractivity contribution in [1.29, 1.82) is 0 Å². The average molecular weight is 362 g/mol. The topological polar surface area (TPSA) is 72.2 Å². The number of aromatic carboxylic acids is 1. The third-order valence-corrected chi connectivity index (χ3v) is 5.80. The fourth-order valence-electron chi connectivity index (χ4n) is 3.81. The van der Waals surface area contributed by atoms with Crippen LogP contribution in [0.5, 0.6) is 0 Å². The van der Waals surface area contributed by atoms with Crippen molar-refractivity contribution in [3.63, 3.8) is 0 Å². The minimum Gasteiger partial charge on any atom is -0.477 e. The van der Waals surface area contributed by atoms with E-state index in [4.69, 9.17) is 0 Å². The largest absolute Gasteiger partial charge is 0.477 e. The van der Waals surface area contributed by atoms with Gasteiger partial charge < -0.3 is 9.67 Å². The van der Waals surface area contributed by atoms with Gasteiger partial charge in [0.15, 0.2) is 0 Å². The van der Waals surface area contributed by atoms with Gasteiger partial charge in [0.2, 0.25) is 5.43 Å². The van der Waals surface area contributed by atoms with Crippen LogP contribution in [0.25, 0.3) is 22.0 Å². The number of hydrogen-bond acceptors (Lipinski definition) is 3. The van der Waals surface area contributed by atoms with E-state index in [0.29, 0.717) is 5.39 Å². The second kappa shape index (κ2) is 6.05. The molecule has 0 aliphatic heterocycles. The number of benzene rings is 1. The van der Waals surface area contributed by atoms with Gasteiger partial charge in [-0.1, -0.05) is 6.07 Å². The Morgan fingerprint density at radius 2 is 1.78 bits per heavy atom. The Labute approximate surface area is 157 Å². The molecular formula is C22H22N2O3. The molecule has 2 heterocycles. The standard InChI is InChI=1S/C22H22N2O3/c1-11-12(2)18(9-23-14(11)4)16-7-8-17-20(13(16)3)24(15-5-6-15)10-19(21(17)25)22(26)27/h7-10,15H,5-6H2,1-4H3,(H,26,27). The first kappa shape index (κ1) is 17.5. The molecule has 0 amide bonds. The first-order chi connectivity index (χ1) is 12.8. The van der Waals surface area contributed by atoms with E-state index in [1.165, 1.54) is 11.8 Å². The Morgan fingerprint density at radius 3 is 2.41 bits per heavy atom. The summed E-state index contributed by atoms with van der Waals surface area (Å²) < 4.78 is 1.99. The smallest absolute Gasteiger partial charge is 0.341 e. The minimum absolute atomic E-state index is 0.162. The van der Waals surface area contributed by atoms with Crippen LogP contribution in [0.3, 0.4) is 0 Å². The molecule has 2 aromatic heterocycles. The monoisotopic (exact) mass is 362 g/mol. The third-order valence-electron chi connectivity index (χ3n) is 5.80. The normalized spacial score (nSPS) is 13.9. The highest BCUT2D eigenvalue weighted by Crippen LogP contribution is 2.39. The maximum atomic E-state index is 12.7. The summed E-state index contributed by atoms with van der Waals surface area (Å²) in [6.07, 6.45) is 5.42. The number of carbonyl (C=O) groups is 1. The first-order valence-electron chi connectivity index (χ1n) is 9.16. The molecular weight excluding hydrogens is 340 g/mol. The predicted octanol–water partition coefficient (Wildman–Crippen LogP) is 4.33. The minimum atomic E-state index is -1.17. The zero-order valence-electron chi connectivity index (χ0n) is 16.0. The zero-order chi connectivity index (χ0) is 19.5. The molecule has 0 saturated heterocycles. The van der Waals surface area contributed by atoms with Crippen LogP contribution >= 0.6 is 0 Å². The third kappa shape index (κ3) is 2.65. The molecule has 1 fully saturated rings. The molecule has 1 aliphatic carbocycles. The molecule has 0 unspecified atom stereocenters. The van der Waals surface area contributed by atoms with Crippen LogP contribution in [0.1, 0.15) is 51.6 Å². The van der Waals surface area contributed by atoms with Crippen molar-refractivity contribution >= 4 is 16.9 Å². The predicted molar refractivity (Wildman–Crippen MR) is 106 cm³/mol. The Bertz CT molecular complexity index is 1170. The van der Waals surface area contributed by atoms with Crippen molar-refractivity contribution in [2.45, 2.75) is 46.6 Å². The van der Waals surface area contributed by atoms with Crippen molar-refractivity contribution in [3.05, 3.63) is 62.7 Å². The molecule has 0 spiro atoms. The van der Waals surface area contributed by atoms with Gasteiger partial charge in [0.05, 0.1) is 5.52 Å². The summed E-state index contributed by atoms with van der Waals surface area (Å²) >= 11 is 0. The Balaban J connectivity index is 2.07. The summed E-state index contributed by atoms with van der Waals surface area (Å²) in [7, 11) is 0. The maximum absolute atomic E-state index is 12.7. The Hall–Kier alpha value is -2.95. The molecule has 0 bridgehead atoms. The van der Waals surface area contributed by atoms with Gasteiger partial charge in [0, 0.05) is 35.1 Å². The fraction of sp³-hybridized carbons (Fsp3) is 0.318. The quantitative estimate of drug-likeness (QED) is 0.753. The van der Waals surface area contributed by atoms with E-state index in [2.05, 4.69) is 18.8 Å². The number of rotatable bonds is 3. The second-order valence-corrected chi connectivity index (χ2v) is 7.46. The molecule has 0 atom stereocenters. The van der Waals surface area contributed by atoms with Gasteiger partial charge in [-0.05, 0) is 68.9 Å². The lowest BCUT2D eigenvalue weighted by Gasteiger charge is -2.18. The van der Waals surface area contributed by atoms with E-state index in [-0.39, 0.29) is 11.6 Å². The molecule has 1 saturated carbocycles. The molecule has 5 heteroatoms. The van der Waals surface area contributed by atoms with E-state index in [1.807, 2.05) is 30.7 Å². The summed E-state index contributed by atoms with van der Waals surface area (Å²) in [5, 5.41) is 9.89. The van der Waals surface area contributed by atoms with E-state index in [1.54, 1.807) is 6.07 Å². The number of pyridine rings is 2. The summed E-state index contributed by atoms with van der Waals surface area (Å²) in [5.41, 5.74) is 6.67. The molecule has 5 nitrogen and oxygen atoms in total. The van der Waals surface area contributed by atoms with Crippen LogP contribution in [0, 0.1) is 27.7 Å². The number of nitrogens with zero attached hydrogens (tertiary/aromatic N) is 2. The molecule has 0 radical (unpaired) electrons. The van der Waals surface area contributed by atoms with Crippen molar-refractivity contribution in [2.75, 3.05) is 0 Å². The Kier molecular flexibility index (Phi) is 3.91. The summed E-state index contributed by atoms with van der Waals surface area (Å²) in [5.74, 6) is -1.17. The first-order valence-corrected chi connectivity index (χ1v) is 9.16. The van der Waals surface area contributed by atoms with Gasteiger partial charge in [-0.25, -0.2) is 4.79 Å². The highest BCUT2D eigenvalue weighted by atomic mass is 16.4. The van der Waals surface area contributed by atoms with Gasteiger partial charge in [0.25, 0.3) is 0 Å². The highest BCUT2D eigenvalue weighted by Gasteiger charge is 2.28. The lowest BCUT2D eigenvalue weighted by molar-refractivity contribution is 0.0695. The number of carboxylic acids is 1. The number of hydrogen-bond donors (Lipinski definition) is 1. The number of fused-ring (bicyclic) bond motifs is 1. The van der Waals surface area contributed by atoms with Crippen LogP contribution in [0.15, 0.2) is 29.3 Å². The van der Waals surface area contributed by atoms with Gasteiger partial charge >= 0.3 is 5.97 Å². The van der Waals surface area contributed by atoms with Gasteiger partial charge in [-0.15, -0.1) is 0 Å². The summed E-state index contributed by atoms with van der Waals surface area (Å²) in [6.45, 7) is 8.16. The molecule has 1 aliphatic rings. The van der Waals surface area contributed by atoms with Crippen LogP contribution < -0.4 is 5.43 Å². The van der Waals surface area contributed by atoms with Crippen LogP contribution in [-0.4, -0.2) is 20.6 Å². The SMILES string of the molecule is Cc1ncc(-c2ccc3c(=O)c(C(=O)O)cn(C4CC4)c3c2C)c(C)c1C. The number of carboxylic acid groups (broad SMARTS) is 1. The molecule has 1 N–H and O–H groups in total. The van der Waals surface area contributed by atoms with E-state index < -0.39 is 11.4 Å². The molecule has 27 heavy (non-hydrogen) atoms. The van der Waals surface area contributed by atoms with E-state index >= 15 is 0 Å². The second-order valence-electron chi connectivity index (χ2n) is 7.46. The van der Waals surface area contributed by atoms with Gasteiger partial charge in [0.1, 0.15) is 5.56 Å². The van der Waals surface area contributed by atoms with Crippen molar-refractivity contribution in [1.82, 2.24) is 9.55 Å². The fourth-order valence-corrected chi connectivity index (χ4v) is 3.81. The Morgan fingerprint density at radius 1 is 1.07 bits per heavy atom. The van der Waals surface area contributed by atoms with Crippen LogP contribution in [0.2, 0.25) is 0 Å². The van der Waals surface area contributed by atoms with E-state index in [0.717, 1.165) is 46.3 Å². The van der Waals surface area contributed by atoms with Crippen molar-refractivity contribution < 1.29 is 9.90 Å². The van der Waals surface area contributed by atoms with Crippen LogP contribution in [0.4, 0.5) is 0 Å². The number of aromatic nitrogens is 2. The van der Waals surface area contributed by atoms with E-state index in [9.17, 15) is 14.7 Å². The lowest BCUT2D eigenvalue weighted by Crippen LogP contribution is -2.19. The van der Waals surface area contributed by atoms with Crippen molar-refractivity contribution in [3.8, 4) is 11.1 Å². The maximum Gasteiger partial charge on any atom is 0.341 e. The average Bonchev–Trinajstić information content (AvgIpc) is 3.46. The number of aryl methyl sites for hydroxylation is 2. The van der Waals surface area contributed by atoms with Gasteiger partial charge in [-0.2, -0.15) is 0 Å². The lowest BCUT2D eigenvalue weighted by atomic mass is 9.93. The van der Waals surface area contributed by atoms with Crippen LogP contribution in [-0.2, 0) is 0 Å². The zero-order valence-corrected chi connectivity index (χ0v) is 16.0. The van der Waals surface area contributed by atoms with Gasteiger partial charge in [-0.3, -0.25) is 9.78 Å². The summed E-state index contributed by atoms with van der Waals surface area (Å²) in [6, 6.07) is 3.94.